The van der Waals surface area contributed by atoms with E-state index in [1.807, 2.05) is 0 Å². The number of nitrogens with one attached hydrogen (secondary N) is 1. The molecule has 0 aliphatic rings. The molecule has 15 heavy (non-hydrogen) atoms. The number of amides is 2. The minimum atomic E-state index is -0.579. The van der Waals surface area contributed by atoms with E-state index in [-0.39, 0.29) is 5.91 Å². The largest absolute Gasteiger partial charge is 0.444 e. The Balaban J connectivity index is 4.14. The molecule has 0 unspecified atom stereocenters. The molecule has 1 atom stereocenters. The molecule has 0 aliphatic heterocycles. The number of likely N-dealkylation sites (N-methyl/N-ethyl adjacent to an activating group) is 1. The van der Waals surface area contributed by atoms with Crippen LogP contribution in [0.1, 0.15) is 27.7 Å². The van der Waals surface area contributed by atoms with Crippen LogP contribution < -0.4 is 5.32 Å². The van der Waals surface area contributed by atoms with E-state index in [0.29, 0.717) is 0 Å². The summed E-state index contributed by atoms with van der Waals surface area (Å²) in [6.07, 6.45) is -0.579. The van der Waals surface area contributed by atoms with Gasteiger partial charge >= 0.3 is 6.09 Å². The topological polar surface area (TPSA) is 58.6 Å². The van der Waals surface area contributed by atoms with Gasteiger partial charge in [0.2, 0.25) is 5.91 Å². The molecule has 0 aromatic rings. The number of ether oxygens (including phenoxy) is 1. The van der Waals surface area contributed by atoms with Crippen LogP contribution in [-0.2, 0) is 9.53 Å². The third-order valence-corrected chi connectivity index (χ3v) is 1.54. The van der Waals surface area contributed by atoms with Gasteiger partial charge in [-0.25, -0.2) is 4.79 Å². The lowest BCUT2D eigenvalue weighted by Crippen LogP contribution is -2.45. The Morgan fingerprint density at radius 1 is 1.27 bits per heavy atom. The van der Waals surface area contributed by atoms with Crippen LogP contribution in [0.25, 0.3) is 0 Å². The van der Waals surface area contributed by atoms with Crippen molar-refractivity contribution in [3.05, 3.63) is 0 Å². The molecule has 88 valence electrons. The summed E-state index contributed by atoms with van der Waals surface area (Å²) in [5.74, 6) is -0.166. The maximum absolute atomic E-state index is 11.4. The van der Waals surface area contributed by atoms with Crippen LogP contribution >= 0.6 is 0 Å². The lowest BCUT2D eigenvalue weighted by Gasteiger charge is -2.22. The van der Waals surface area contributed by atoms with E-state index in [4.69, 9.17) is 4.74 Å². The number of carbonyl (C=O) groups excluding carboxylic acids is 2. The maximum atomic E-state index is 11.4. The molecule has 0 aliphatic carbocycles. The first-order valence-electron chi connectivity index (χ1n) is 4.84. The zero-order chi connectivity index (χ0) is 12.2. The summed E-state index contributed by atoms with van der Waals surface area (Å²) in [6.45, 7) is 6.92. The van der Waals surface area contributed by atoms with Gasteiger partial charge in [-0.15, -0.1) is 0 Å². The van der Waals surface area contributed by atoms with Crippen molar-refractivity contribution >= 4 is 12.0 Å². The van der Waals surface area contributed by atoms with Crippen LogP contribution in [0, 0.1) is 0 Å². The highest BCUT2D eigenvalue weighted by Gasteiger charge is 2.21. The molecule has 0 saturated heterocycles. The minimum Gasteiger partial charge on any atom is -0.444 e. The van der Waals surface area contributed by atoms with Gasteiger partial charge < -0.3 is 15.0 Å². The van der Waals surface area contributed by atoms with E-state index in [0.717, 1.165) is 0 Å². The van der Waals surface area contributed by atoms with Crippen LogP contribution in [0.4, 0.5) is 4.79 Å². The third-order valence-electron chi connectivity index (χ3n) is 1.54. The molecule has 2 amide bonds. The van der Waals surface area contributed by atoms with Gasteiger partial charge in [-0.1, -0.05) is 0 Å². The first-order valence-corrected chi connectivity index (χ1v) is 4.84. The zero-order valence-corrected chi connectivity index (χ0v) is 10.2. The van der Waals surface area contributed by atoms with Gasteiger partial charge in [0.25, 0.3) is 0 Å². The molecule has 0 heterocycles. The lowest BCUT2D eigenvalue weighted by atomic mass is 10.2. The van der Waals surface area contributed by atoms with Crippen molar-refractivity contribution in [2.75, 3.05) is 14.1 Å². The molecule has 0 fully saturated rings. The van der Waals surface area contributed by atoms with E-state index in [1.54, 1.807) is 41.8 Å². The van der Waals surface area contributed by atoms with Crippen molar-refractivity contribution in [2.45, 2.75) is 39.3 Å². The Morgan fingerprint density at radius 2 is 1.73 bits per heavy atom. The summed E-state index contributed by atoms with van der Waals surface area (Å²) in [6, 6.07) is -0.574. The lowest BCUT2D eigenvalue weighted by molar-refractivity contribution is -0.130. The summed E-state index contributed by atoms with van der Waals surface area (Å²) in [4.78, 5) is 24.1. The second-order valence-electron chi connectivity index (χ2n) is 4.60. The number of nitrogens with zero attached hydrogens (tertiary/aromatic N) is 1. The first-order chi connectivity index (χ1) is 6.63. The Bertz CT molecular complexity index is 244. The van der Waals surface area contributed by atoms with Gasteiger partial charge in [0.15, 0.2) is 0 Å². The summed E-state index contributed by atoms with van der Waals surface area (Å²) in [5, 5.41) is 2.47. The van der Waals surface area contributed by atoms with Crippen LogP contribution in [0.15, 0.2) is 0 Å². The van der Waals surface area contributed by atoms with E-state index in [2.05, 4.69) is 5.32 Å². The average molecular weight is 216 g/mol. The Labute approximate surface area is 90.8 Å². The molecule has 0 radical (unpaired) electrons. The average Bonchev–Trinajstić information content (AvgIpc) is 1.98. The van der Waals surface area contributed by atoms with Crippen LogP contribution in [0.3, 0.4) is 0 Å². The van der Waals surface area contributed by atoms with E-state index < -0.39 is 17.7 Å². The predicted octanol–water partition coefficient (Wildman–Crippen LogP) is 0.988. The van der Waals surface area contributed by atoms with Crippen molar-refractivity contribution in [2.24, 2.45) is 0 Å². The Kier molecular flexibility index (Phi) is 4.58. The normalized spacial score (nSPS) is 12.9. The summed E-state index contributed by atoms with van der Waals surface area (Å²) < 4.78 is 5.02. The van der Waals surface area contributed by atoms with Crippen molar-refractivity contribution in [3.63, 3.8) is 0 Å². The first kappa shape index (κ1) is 13.7. The van der Waals surface area contributed by atoms with Crippen molar-refractivity contribution in [3.8, 4) is 0 Å². The quantitative estimate of drug-likeness (QED) is 0.748. The second-order valence-corrected chi connectivity index (χ2v) is 4.60. The van der Waals surface area contributed by atoms with Crippen molar-refractivity contribution < 1.29 is 14.3 Å². The Hall–Kier alpha value is -1.26. The molecular weight excluding hydrogens is 196 g/mol. The van der Waals surface area contributed by atoms with Crippen molar-refractivity contribution in [1.29, 1.82) is 0 Å². The fourth-order valence-corrected chi connectivity index (χ4v) is 0.933. The fourth-order valence-electron chi connectivity index (χ4n) is 0.933. The molecular formula is C10H20N2O3. The van der Waals surface area contributed by atoms with Crippen LogP contribution in [-0.4, -0.2) is 42.6 Å². The van der Waals surface area contributed by atoms with Gasteiger partial charge in [-0.2, -0.15) is 0 Å². The predicted molar refractivity (Wildman–Crippen MR) is 57.5 cm³/mol. The molecule has 5 heteroatoms. The highest BCUT2D eigenvalue weighted by Crippen LogP contribution is 2.06. The number of hydrogen-bond donors (Lipinski definition) is 1. The fraction of sp³-hybridized carbons (Fsp3) is 0.800. The van der Waals surface area contributed by atoms with Gasteiger partial charge in [-0.3, -0.25) is 4.79 Å². The van der Waals surface area contributed by atoms with Crippen LogP contribution in [0.5, 0.6) is 0 Å². The van der Waals surface area contributed by atoms with Gasteiger partial charge in [-0.05, 0) is 27.7 Å². The monoisotopic (exact) mass is 216 g/mol. The molecule has 0 bridgehead atoms. The standard InChI is InChI=1S/C10H20N2O3/c1-7(8(13)12(5)6)11-9(14)15-10(2,3)4/h7H,1-6H3,(H,11,14)/t7-/m0/s1. The Morgan fingerprint density at radius 3 is 2.07 bits per heavy atom. The van der Waals surface area contributed by atoms with E-state index in [9.17, 15) is 9.59 Å². The molecule has 0 aromatic heterocycles. The SMILES string of the molecule is C[C@H](NC(=O)OC(C)(C)C)C(=O)N(C)C. The van der Waals surface area contributed by atoms with Gasteiger partial charge in [0.1, 0.15) is 11.6 Å². The molecule has 1 N–H and O–H groups in total. The summed E-state index contributed by atoms with van der Waals surface area (Å²) in [7, 11) is 3.27. The minimum absolute atomic E-state index is 0.166. The number of carbonyl (C=O) groups is 2. The molecule has 0 saturated carbocycles. The van der Waals surface area contributed by atoms with Gasteiger partial charge in [0.05, 0.1) is 0 Å². The van der Waals surface area contributed by atoms with Crippen LogP contribution in [0.2, 0.25) is 0 Å². The highest BCUT2D eigenvalue weighted by atomic mass is 16.6. The highest BCUT2D eigenvalue weighted by molar-refractivity contribution is 5.84. The van der Waals surface area contributed by atoms with E-state index in [1.165, 1.54) is 4.90 Å². The van der Waals surface area contributed by atoms with Gasteiger partial charge in [0, 0.05) is 14.1 Å². The maximum Gasteiger partial charge on any atom is 0.408 e. The smallest absolute Gasteiger partial charge is 0.408 e. The number of alkyl carbamates (subject to hydrolysis) is 1. The zero-order valence-electron chi connectivity index (χ0n) is 10.2. The number of hydrogen-bond acceptors (Lipinski definition) is 3. The second kappa shape index (κ2) is 5.00. The summed E-state index contributed by atoms with van der Waals surface area (Å²) >= 11 is 0. The summed E-state index contributed by atoms with van der Waals surface area (Å²) in [5.41, 5.74) is -0.551. The van der Waals surface area contributed by atoms with Crippen molar-refractivity contribution in [1.82, 2.24) is 10.2 Å². The number of rotatable bonds is 2. The third kappa shape index (κ3) is 5.93. The molecule has 5 nitrogen and oxygen atoms in total. The molecule has 0 spiro atoms. The molecule has 0 rings (SSSR count). The molecule has 0 aromatic carbocycles. The van der Waals surface area contributed by atoms with E-state index >= 15 is 0 Å².